The van der Waals surface area contributed by atoms with Crippen molar-refractivity contribution in [3.05, 3.63) is 95.0 Å². The second kappa shape index (κ2) is 7.70. The zero-order valence-corrected chi connectivity index (χ0v) is 13.6. The molecule has 0 spiro atoms. The van der Waals surface area contributed by atoms with E-state index in [0.29, 0.717) is 0 Å². The predicted molar refractivity (Wildman–Crippen MR) is 99.0 cm³/mol. The van der Waals surface area contributed by atoms with Gasteiger partial charge in [0, 0.05) is 18.8 Å². The SMILES string of the molecule is Clc1cc(NCc2ccccc2)ccc1NCc1ccccc1. The molecule has 3 aromatic rings. The van der Waals surface area contributed by atoms with Gasteiger partial charge in [0.2, 0.25) is 0 Å². The molecule has 0 amide bonds. The summed E-state index contributed by atoms with van der Waals surface area (Å²) in [7, 11) is 0. The average molecular weight is 323 g/mol. The van der Waals surface area contributed by atoms with Crippen molar-refractivity contribution in [2.24, 2.45) is 0 Å². The van der Waals surface area contributed by atoms with E-state index in [1.807, 2.05) is 54.6 Å². The Morgan fingerprint density at radius 2 is 1.22 bits per heavy atom. The van der Waals surface area contributed by atoms with Crippen LogP contribution in [0, 0.1) is 0 Å². The number of hydrogen-bond acceptors (Lipinski definition) is 2. The zero-order valence-electron chi connectivity index (χ0n) is 12.8. The van der Waals surface area contributed by atoms with E-state index in [0.717, 1.165) is 29.5 Å². The van der Waals surface area contributed by atoms with Crippen LogP contribution in [0.2, 0.25) is 5.02 Å². The van der Waals surface area contributed by atoms with Crippen molar-refractivity contribution in [1.29, 1.82) is 0 Å². The molecule has 0 saturated heterocycles. The molecule has 3 aromatic carbocycles. The molecule has 3 heteroatoms. The fourth-order valence-corrected chi connectivity index (χ4v) is 2.61. The lowest BCUT2D eigenvalue weighted by Gasteiger charge is -2.11. The molecular formula is C20H19ClN2. The molecule has 0 aliphatic heterocycles. The van der Waals surface area contributed by atoms with Gasteiger partial charge in [-0.3, -0.25) is 0 Å². The van der Waals surface area contributed by atoms with E-state index in [4.69, 9.17) is 11.6 Å². The van der Waals surface area contributed by atoms with Crippen LogP contribution in [-0.4, -0.2) is 0 Å². The van der Waals surface area contributed by atoms with Crippen molar-refractivity contribution < 1.29 is 0 Å². The summed E-state index contributed by atoms with van der Waals surface area (Å²) in [6.07, 6.45) is 0. The second-order valence-electron chi connectivity index (χ2n) is 5.37. The minimum absolute atomic E-state index is 0.721. The highest BCUT2D eigenvalue weighted by atomic mass is 35.5. The molecule has 0 unspecified atom stereocenters. The Morgan fingerprint density at radius 1 is 0.652 bits per heavy atom. The topological polar surface area (TPSA) is 24.1 Å². The van der Waals surface area contributed by atoms with Gasteiger partial charge in [-0.1, -0.05) is 72.3 Å². The molecule has 2 N–H and O–H groups in total. The fraction of sp³-hybridized carbons (Fsp3) is 0.100. The molecule has 0 fully saturated rings. The van der Waals surface area contributed by atoms with E-state index in [9.17, 15) is 0 Å². The molecule has 0 atom stereocenters. The molecule has 0 aliphatic rings. The van der Waals surface area contributed by atoms with E-state index >= 15 is 0 Å². The molecule has 0 saturated carbocycles. The molecule has 23 heavy (non-hydrogen) atoms. The molecule has 0 heterocycles. The van der Waals surface area contributed by atoms with Crippen LogP contribution in [0.4, 0.5) is 11.4 Å². The van der Waals surface area contributed by atoms with Crippen LogP contribution >= 0.6 is 11.6 Å². The van der Waals surface area contributed by atoms with Crippen molar-refractivity contribution in [2.75, 3.05) is 10.6 Å². The molecule has 3 rings (SSSR count). The highest BCUT2D eigenvalue weighted by Crippen LogP contribution is 2.26. The normalized spacial score (nSPS) is 10.3. The van der Waals surface area contributed by atoms with Gasteiger partial charge in [0.25, 0.3) is 0 Å². The Kier molecular flexibility index (Phi) is 5.17. The van der Waals surface area contributed by atoms with Crippen LogP contribution in [-0.2, 0) is 13.1 Å². The summed E-state index contributed by atoms with van der Waals surface area (Å²) in [5.74, 6) is 0. The van der Waals surface area contributed by atoms with Gasteiger partial charge in [0.1, 0.15) is 0 Å². The van der Waals surface area contributed by atoms with Gasteiger partial charge in [-0.05, 0) is 29.3 Å². The summed E-state index contributed by atoms with van der Waals surface area (Å²) in [6.45, 7) is 1.55. The number of nitrogens with one attached hydrogen (secondary N) is 2. The lowest BCUT2D eigenvalue weighted by Crippen LogP contribution is -2.02. The van der Waals surface area contributed by atoms with Gasteiger partial charge in [0.05, 0.1) is 10.7 Å². The first kappa shape index (κ1) is 15.4. The molecule has 0 aromatic heterocycles. The van der Waals surface area contributed by atoms with Crippen LogP contribution in [0.15, 0.2) is 78.9 Å². The van der Waals surface area contributed by atoms with E-state index in [2.05, 4.69) is 34.9 Å². The Hall–Kier alpha value is -2.45. The van der Waals surface area contributed by atoms with E-state index in [1.165, 1.54) is 11.1 Å². The lowest BCUT2D eigenvalue weighted by molar-refractivity contribution is 1.14. The third-order valence-corrected chi connectivity index (χ3v) is 3.95. The fourth-order valence-electron chi connectivity index (χ4n) is 2.36. The van der Waals surface area contributed by atoms with Gasteiger partial charge >= 0.3 is 0 Å². The smallest absolute Gasteiger partial charge is 0.0658 e. The number of benzene rings is 3. The van der Waals surface area contributed by atoms with Crippen molar-refractivity contribution in [2.45, 2.75) is 13.1 Å². The van der Waals surface area contributed by atoms with E-state index < -0.39 is 0 Å². The quantitative estimate of drug-likeness (QED) is 0.620. The maximum absolute atomic E-state index is 6.37. The highest BCUT2D eigenvalue weighted by molar-refractivity contribution is 6.33. The number of halogens is 1. The summed E-state index contributed by atoms with van der Waals surface area (Å²) in [5.41, 5.74) is 4.44. The van der Waals surface area contributed by atoms with Crippen molar-refractivity contribution in [1.82, 2.24) is 0 Å². The van der Waals surface area contributed by atoms with Crippen LogP contribution in [0.5, 0.6) is 0 Å². The van der Waals surface area contributed by atoms with E-state index in [1.54, 1.807) is 0 Å². The first-order valence-electron chi connectivity index (χ1n) is 7.66. The maximum atomic E-state index is 6.37. The van der Waals surface area contributed by atoms with Gasteiger partial charge in [-0.2, -0.15) is 0 Å². The number of rotatable bonds is 6. The molecule has 2 nitrogen and oxygen atoms in total. The number of hydrogen-bond donors (Lipinski definition) is 2. The molecule has 0 aliphatic carbocycles. The van der Waals surface area contributed by atoms with Crippen molar-refractivity contribution in [3.63, 3.8) is 0 Å². The van der Waals surface area contributed by atoms with Crippen LogP contribution in [0.3, 0.4) is 0 Å². The number of anilines is 2. The minimum Gasteiger partial charge on any atom is -0.381 e. The van der Waals surface area contributed by atoms with Gasteiger partial charge < -0.3 is 10.6 Å². The van der Waals surface area contributed by atoms with Crippen LogP contribution in [0.25, 0.3) is 0 Å². The summed E-state index contributed by atoms with van der Waals surface area (Å²) in [4.78, 5) is 0. The molecule has 0 radical (unpaired) electrons. The summed E-state index contributed by atoms with van der Waals surface area (Å²) >= 11 is 6.37. The Labute approximate surface area is 142 Å². The minimum atomic E-state index is 0.721. The monoisotopic (exact) mass is 322 g/mol. The Morgan fingerprint density at radius 3 is 1.78 bits per heavy atom. The van der Waals surface area contributed by atoms with Crippen LogP contribution in [0.1, 0.15) is 11.1 Å². The van der Waals surface area contributed by atoms with Gasteiger partial charge in [-0.15, -0.1) is 0 Å². The molecule has 0 bridgehead atoms. The third kappa shape index (κ3) is 4.51. The second-order valence-corrected chi connectivity index (χ2v) is 5.78. The standard InChI is InChI=1S/C20H19ClN2/c21-19-13-18(22-14-16-7-3-1-4-8-16)11-12-20(19)23-15-17-9-5-2-6-10-17/h1-13,22-23H,14-15H2. The lowest BCUT2D eigenvalue weighted by atomic mass is 10.2. The largest absolute Gasteiger partial charge is 0.381 e. The first-order valence-corrected chi connectivity index (χ1v) is 8.04. The van der Waals surface area contributed by atoms with Crippen molar-refractivity contribution in [3.8, 4) is 0 Å². The van der Waals surface area contributed by atoms with Crippen molar-refractivity contribution >= 4 is 23.0 Å². The summed E-state index contributed by atoms with van der Waals surface area (Å²) < 4.78 is 0. The third-order valence-electron chi connectivity index (χ3n) is 3.63. The van der Waals surface area contributed by atoms with Gasteiger partial charge in [-0.25, -0.2) is 0 Å². The zero-order chi connectivity index (χ0) is 15.9. The van der Waals surface area contributed by atoms with E-state index in [-0.39, 0.29) is 0 Å². The maximum Gasteiger partial charge on any atom is 0.0658 e. The molecular weight excluding hydrogens is 304 g/mol. The first-order chi connectivity index (χ1) is 11.3. The highest BCUT2D eigenvalue weighted by Gasteiger charge is 2.02. The van der Waals surface area contributed by atoms with Gasteiger partial charge in [0.15, 0.2) is 0 Å². The Balaban J connectivity index is 1.59. The molecule has 116 valence electrons. The average Bonchev–Trinajstić information content (AvgIpc) is 2.61. The summed E-state index contributed by atoms with van der Waals surface area (Å²) in [6, 6.07) is 26.6. The Bertz CT molecular complexity index is 742. The predicted octanol–water partition coefficient (Wildman–Crippen LogP) is 5.56. The van der Waals surface area contributed by atoms with Crippen LogP contribution < -0.4 is 10.6 Å². The summed E-state index contributed by atoms with van der Waals surface area (Å²) in [5, 5.41) is 7.48.